The van der Waals surface area contributed by atoms with Gasteiger partial charge in [0.25, 0.3) is 0 Å². The minimum atomic E-state index is -0.0735. The molecule has 0 saturated heterocycles. The lowest BCUT2D eigenvalue weighted by molar-refractivity contribution is -0.121. The van der Waals surface area contributed by atoms with E-state index in [1.165, 1.54) is 5.56 Å². The van der Waals surface area contributed by atoms with Crippen LogP contribution in [0.15, 0.2) is 79.0 Å². The normalized spacial score (nSPS) is 12.5. The van der Waals surface area contributed by atoms with Gasteiger partial charge in [0.05, 0.1) is 7.11 Å². The maximum absolute atomic E-state index is 13.0. The summed E-state index contributed by atoms with van der Waals surface area (Å²) >= 11 is 0. The second kappa shape index (κ2) is 9.53. The average Bonchev–Trinajstić information content (AvgIpc) is 3.24. The second-order valence-electron chi connectivity index (χ2n) is 9.55. The molecule has 1 heterocycles. The number of aromatic amines is 1. The van der Waals surface area contributed by atoms with Crippen LogP contribution >= 0.6 is 0 Å². The first-order valence-electron chi connectivity index (χ1n) is 11.4. The van der Waals surface area contributed by atoms with Crippen molar-refractivity contribution in [3.05, 3.63) is 101 Å². The zero-order chi connectivity index (χ0) is 23.4. The SMILES string of the molecule is COc1ccc2[nH]cc(C(CC(=O)NCc3ccccc3)c3ccc(C(C)(C)C)cc3)c2c1. The molecule has 1 amide bonds. The monoisotopic (exact) mass is 440 g/mol. The maximum atomic E-state index is 13.0. The van der Waals surface area contributed by atoms with Gasteiger partial charge < -0.3 is 15.0 Å². The molecule has 4 nitrogen and oxygen atoms in total. The number of amides is 1. The summed E-state index contributed by atoms with van der Waals surface area (Å²) < 4.78 is 5.46. The number of carbonyl (C=O) groups is 1. The Morgan fingerprint density at radius 2 is 1.73 bits per heavy atom. The highest BCUT2D eigenvalue weighted by molar-refractivity contribution is 5.87. The summed E-state index contributed by atoms with van der Waals surface area (Å²) in [6, 6.07) is 24.7. The third-order valence-electron chi connectivity index (χ3n) is 6.20. The zero-order valence-electron chi connectivity index (χ0n) is 19.8. The van der Waals surface area contributed by atoms with Crippen molar-refractivity contribution in [1.29, 1.82) is 0 Å². The topological polar surface area (TPSA) is 54.1 Å². The molecule has 0 aliphatic rings. The summed E-state index contributed by atoms with van der Waals surface area (Å²) in [5.74, 6) is 0.760. The molecule has 4 aromatic rings. The van der Waals surface area contributed by atoms with Crippen LogP contribution in [-0.4, -0.2) is 18.0 Å². The largest absolute Gasteiger partial charge is 0.497 e. The third-order valence-corrected chi connectivity index (χ3v) is 6.20. The van der Waals surface area contributed by atoms with E-state index in [-0.39, 0.29) is 17.2 Å². The molecule has 4 heteroatoms. The summed E-state index contributed by atoms with van der Waals surface area (Å²) in [6.45, 7) is 7.16. The molecule has 33 heavy (non-hydrogen) atoms. The van der Waals surface area contributed by atoms with E-state index in [1.54, 1.807) is 7.11 Å². The van der Waals surface area contributed by atoms with E-state index in [9.17, 15) is 4.79 Å². The van der Waals surface area contributed by atoms with E-state index < -0.39 is 0 Å². The van der Waals surface area contributed by atoms with Crippen molar-refractivity contribution in [1.82, 2.24) is 10.3 Å². The zero-order valence-corrected chi connectivity index (χ0v) is 19.8. The fourth-order valence-corrected chi connectivity index (χ4v) is 4.21. The molecule has 170 valence electrons. The highest BCUT2D eigenvalue weighted by Crippen LogP contribution is 2.36. The Balaban J connectivity index is 1.66. The molecule has 1 aromatic heterocycles. The van der Waals surface area contributed by atoms with Gasteiger partial charge >= 0.3 is 0 Å². The predicted octanol–water partition coefficient (Wildman–Crippen LogP) is 6.31. The molecule has 0 spiro atoms. The number of rotatable bonds is 7. The smallest absolute Gasteiger partial charge is 0.221 e. The summed E-state index contributed by atoms with van der Waals surface area (Å²) in [4.78, 5) is 16.4. The fourth-order valence-electron chi connectivity index (χ4n) is 4.21. The summed E-state index contributed by atoms with van der Waals surface area (Å²) in [5.41, 5.74) is 5.71. The molecule has 0 fully saturated rings. The lowest BCUT2D eigenvalue weighted by atomic mass is 9.83. The number of ether oxygens (including phenoxy) is 1. The lowest BCUT2D eigenvalue weighted by Gasteiger charge is -2.22. The van der Waals surface area contributed by atoms with Gasteiger partial charge in [-0.2, -0.15) is 0 Å². The quantitative estimate of drug-likeness (QED) is 0.354. The van der Waals surface area contributed by atoms with E-state index in [2.05, 4.69) is 55.3 Å². The summed E-state index contributed by atoms with van der Waals surface area (Å²) in [5, 5.41) is 4.17. The lowest BCUT2D eigenvalue weighted by Crippen LogP contribution is -2.25. The van der Waals surface area contributed by atoms with Gasteiger partial charge in [-0.1, -0.05) is 75.4 Å². The number of nitrogens with one attached hydrogen (secondary N) is 2. The van der Waals surface area contributed by atoms with Crippen LogP contribution in [0.2, 0.25) is 0 Å². The van der Waals surface area contributed by atoms with Crippen LogP contribution in [0.3, 0.4) is 0 Å². The van der Waals surface area contributed by atoms with E-state index in [0.717, 1.165) is 33.3 Å². The van der Waals surface area contributed by atoms with Gasteiger partial charge in [-0.15, -0.1) is 0 Å². The maximum Gasteiger partial charge on any atom is 0.221 e. The summed E-state index contributed by atoms with van der Waals surface area (Å²) in [6.07, 6.45) is 2.39. The number of benzene rings is 3. The van der Waals surface area contributed by atoms with Crippen LogP contribution < -0.4 is 10.1 Å². The Hall–Kier alpha value is -3.53. The van der Waals surface area contributed by atoms with Crippen LogP contribution in [0.4, 0.5) is 0 Å². The first-order valence-corrected chi connectivity index (χ1v) is 11.4. The van der Waals surface area contributed by atoms with Gasteiger partial charge in [-0.25, -0.2) is 0 Å². The van der Waals surface area contributed by atoms with Crippen molar-refractivity contribution in [3.8, 4) is 5.75 Å². The van der Waals surface area contributed by atoms with Crippen LogP contribution in [0.25, 0.3) is 10.9 Å². The van der Waals surface area contributed by atoms with Crippen molar-refractivity contribution in [2.75, 3.05) is 7.11 Å². The van der Waals surface area contributed by atoms with Crippen LogP contribution in [-0.2, 0) is 16.8 Å². The molecule has 0 aliphatic carbocycles. The first kappa shape index (κ1) is 22.7. The van der Waals surface area contributed by atoms with E-state index in [0.29, 0.717) is 13.0 Å². The molecular weight excluding hydrogens is 408 g/mol. The second-order valence-corrected chi connectivity index (χ2v) is 9.55. The Labute approximate surface area is 196 Å². The Morgan fingerprint density at radius 3 is 2.39 bits per heavy atom. The van der Waals surface area contributed by atoms with Gasteiger partial charge in [0.1, 0.15) is 5.75 Å². The standard InChI is InChI=1S/C29H32N2O2/c1-29(2,3)22-12-10-21(11-13-22)24(17-28(32)31-18-20-8-6-5-7-9-20)26-19-30-27-15-14-23(33-4)16-25(26)27/h5-16,19,24,30H,17-18H2,1-4H3,(H,31,32). The molecule has 0 bridgehead atoms. The van der Waals surface area contributed by atoms with Gasteiger partial charge in [-0.05, 0) is 45.9 Å². The van der Waals surface area contributed by atoms with Crippen LogP contribution in [0.1, 0.15) is 55.4 Å². The molecule has 2 N–H and O–H groups in total. The minimum absolute atomic E-state index is 0.0287. The van der Waals surface area contributed by atoms with Crippen molar-refractivity contribution >= 4 is 16.8 Å². The number of H-pyrrole nitrogens is 1. The van der Waals surface area contributed by atoms with Crippen LogP contribution in [0, 0.1) is 0 Å². The molecule has 3 aromatic carbocycles. The fraction of sp³-hybridized carbons (Fsp3) is 0.276. The number of fused-ring (bicyclic) bond motifs is 1. The minimum Gasteiger partial charge on any atom is -0.497 e. The predicted molar refractivity (Wildman–Crippen MR) is 135 cm³/mol. The summed E-state index contributed by atoms with van der Waals surface area (Å²) in [7, 11) is 1.67. The highest BCUT2D eigenvalue weighted by Gasteiger charge is 2.23. The number of aromatic nitrogens is 1. The van der Waals surface area contributed by atoms with Crippen molar-refractivity contribution < 1.29 is 9.53 Å². The molecule has 0 saturated carbocycles. The van der Waals surface area contributed by atoms with E-state index in [1.807, 2.05) is 54.7 Å². The van der Waals surface area contributed by atoms with Gasteiger partial charge in [0.2, 0.25) is 5.91 Å². The molecular formula is C29H32N2O2. The molecule has 1 atom stereocenters. The van der Waals surface area contributed by atoms with Gasteiger partial charge in [0, 0.05) is 36.0 Å². The van der Waals surface area contributed by atoms with Gasteiger partial charge in [0.15, 0.2) is 0 Å². The number of hydrogen-bond donors (Lipinski definition) is 2. The molecule has 0 radical (unpaired) electrons. The number of carbonyl (C=O) groups excluding carboxylic acids is 1. The van der Waals surface area contributed by atoms with Crippen molar-refractivity contribution in [3.63, 3.8) is 0 Å². The Bertz CT molecular complexity index is 1220. The first-order chi connectivity index (χ1) is 15.8. The molecule has 0 aliphatic heterocycles. The highest BCUT2D eigenvalue weighted by atomic mass is 16.5. The Kier molecular flexibility index (Phi) is 6.55. The third kappa shape index (κ3) is 5.28. The van der Waals surface area contributed by atoms with Crippen molar-refractivity contribution in [2.24, 2.45) is 0 Å². The average molecular weight is 441 g/mol. The van der Waals surface area contributed by atoms with Gasteiger partial charge in [-0.3, -0.25) is 4.79 Å². The molecule has 4 rings (SSSR count). The van der Waals surface area contributed by atoms with Crippen LogP contribution in [0.5, 0.6) is 5.75 Å². The number of methoxy groups -OCH3 is 1. The number of hydrogen-bond acceptors (Lipinski definition) is 2. The Morgan fingerprint density at radius 1 is 1.00 bits per heavy atom. The van der Waals surface area contributed by atoms with Crippen molar-refractivity contribution in [2.45, 2.75) is 45.1 Å². The molecule has 1 unspecified atom stereocenters. The van der Waals surface area contributed by atoms with E-state index in [4.69, 9.17) is 4.74 Å². The van der Waals surface area contributed by atoms with E-state index >= 15 is 0 Å².